The van der Waals surface area contributed by atoms with Gasteiger partial charge < -0.3 is 14.0 Å². The number of aliphatic hydroxyl groups excluding tert-OH is 1. The van der Waals surface area contributed by atoms with Gasteiger partial charge in [-0.1, -0.05) is 120 Å². The van der Waals surface area contributed by atoms with Gasteiger partial charge in [0.2, 0.25) is 0 Å². The second kappa shape index (κ2) is 18.0. The summed E-state index contributed by atoms with van der Waals surface area (Å²) in [5.74, 6) is 0.522. The predicted octanol–water partition coefficient (Wildman–Crippen LogP) is 12.1. The minimum atomic E-state index is -1.80. The zero-order valence-corrected chi connectivity index (χ0v) is 38.6. The zero-order chi connectivity index (χ0) is 40.1. The fourth-order valence-corrected chi connectivity index (χ4v) is 8.60. The first-order valence-corrected chi connectivity index (χ1v) is 25.7. The van der Waals surface area contributed by atoms with Crippen LogP contribution in [0.2, 0.25) is 43.1 Å². The first-order valence-electron chi connectivity index (χ1n) is 19.9. The van der Waals surface area contributed by atoms with Crippen molar-refractivity contribution in [3.05, 3.63) is 69.8 Å². The Hall–Kier alpha value is -1.51. The molecule has 0 aliphatic heterocycles. The van der Waals surface area contributed by atoms with Crippen LogP contribution in [0.25, 0.3) is 0 Å². The van der Waals surface area contributed by atoms with Gasteiger partial charge in [-0.2, -0.15) is 0 Å². The van der Waals surface area contributed by atoms with Gasteiger partial charge in [0.15, 0.2) is 22.4 Å². The normalized spacial score (nSPS) is 19.8. The quantitative estimate of drug-likeness (QED) is 0.273. The molecule has 0 heterocycles. The monoisotopic (exact) mass is 749 g/mol. The number of aryl methyl sites for hydroxylation is 2. The van der Waals surface area contributed by atoms with Gasteiger partial charge in [0.05, 0.1) is 14.0 Å². The molecule has 7 heteroatoms. The molecule has 2 radical (unpaired) electrons. The van der Waals surface area contributed by atoms with Crippen LogP contribution in [0.15, 0.2) is 36.4 Å². The minimum Gasteiger partial charge on any atom is -0.416 e. The summed E-state index contributed by atoms with van der Waals surface area (Å²) >= 11 is 0. The van der Waals surface area contributed by atoms with Crippen molar-refractivity contribution in [2.45, 2.75) is 171 Å². The minimum absolute atomic E-state index is 0.0199. The number of rotatable bonds is 8. The van der Waals surface area contributed by atoms with E-state index in [1.165, 1.54) is 29.1 Å². The van der Waals surface area contributed by atoms with Crippen molar-refractivity contribution in [1.82, 2.24) is 0 Å². The van der Waals surface area contributed by atoms with Crippen LogP contribution in [-0.2, 0) is 34.5 Å². The van der Waals surface area contributed by atoms with E-state index in [1.54, 1.807) is 0 Å². The molecule has 292 valence electrons. The fraction of sp³-hybridized carbons (Fsp3) is 0.711. The van der Waals surface area contributed by atoms with Gasteiger partial charge >= 0.3 is 0 Å². The van der Waals surface area contributed by atoms with Crippen molar-refractivity contribution in [2.75, 3.05) is 13.2 Å². The third-order valence-corrected chi connectivity index (χ3v) is 20.7. The van der Waals surface area contributed by atoms with Crippen molar-refractivity contribution in [2.24, 2.45) is 22.7 Å². The van der Waals surface area contributed by atoms with Crippen LogP contribution in [-0.4, -0.2) is 48.6 Å². The maximum Gasteiger partial charge on any atom is 0.192 e. The molecule has 2 aliphatic rings. The molecule has 0 saturated heterocycles. The summed E-state index contributed by atoms with van der Waals surface area (Å²) in [4.78, 5) is 13.0. The van der Waals surface area contributed by atoms with Crippen LogP contribution in [0.5, 0.6) is 0 Å². The molecular weight excluding hydrogens is 671 g/mol. The lowest BCUT2D eigenvalue weighted by Gasteiger charge is -2.39. The van der Waals surface area contributed by atoms with E-state index in [0.29, 0.717) is 13.2 Å². The van der Waals surface area contributed by atoms with E-state index in [2.05, 4.69) is 154 Å². The van der Waals surface area contributed by atoms with Crippen LogP contribution in [0.4, 0.5) is 0 Å². The summed E-state index contributed by atoms with van der Waals surface area (Å²) in [7, 11) is 0.931. The molecule has 0 saturated carbocycles. The number of Topliss-reactive ketones (excluding diaryl/α,β-unsaturated/α-hetero) is 1. The first-order chi connectivity index (χ1) is 23.6. The second-order valence-electron chi connectivity index (χ2n) is 21.0. The summed E-state index contributed by atoms with van der Waals surface area (Å²) < 4.78 is 12.8. The zero-order valence-electron chi connectivity index (χ0n) is 36.6. The number of carbonyl (C=O) groups excluding carboxylic acids is 1. The summed E-state index contributed by atoms with van der Waals surface area (Å²) in [6, 6.07) is 13.2. The first kappa shape index (κ1) is 46.6. The van der Waals surface area contributed by atoms with E-state index in [9.17, 15) is 9.90 Å². The molecule has 0 bridgehead atoms. The van der Waals surface area contributed by atoms with E-state index in [4.69, 9.17) is 8.85 Å². The highest BCUT2D eigenvalue weighted by molar-refractivity contribution is 6.74. The summed E-state index contributed by atoms with van der Waals surface area (Å²) in [6.07, 6.45) is 5.61. The van der Waals surface area contributed by atoms with Crippen LogP contribution in [0.1, 0.15) is 140 Å². The molecule has 0 fully saturated rings. The average Bonchev–Trinajstić information content (AvgIpc) is 2.99. The smallest absolute Gasteiger partial charge is 0.192 e. The highest BCUT2D eigenvalue weighted by atomic mass is 28.4. The molecule has 1 N–H and O–H groups in total. The molecular formula is C45H77BO4Si2. The third-order valence-electron chi connectivity index (χ3n) is 11.7. The van der Waals surface area contributed by atoms with Gasteiger partial charge in [0, 0.05) is 30.6 Å². The highest BCUT2D eigenvalue weighted by Crippen LogP contribution is 2.41. The van der Waals surface area contributed by atoms with Crippen molar-refractivity contribution in [1.29, 1.82) is 0 Å². The van der Waals surface area contributed by atoms with Gasteiger partial charge in [-0.25, -0.2) is 0 Å². The topological polar surface area (TPSA) is 55.8 Å². The Kier molecular flexibility index (Phi) is 16.1. The number of ketones is 1. The van der Waals surface area contributed by atoms with Gasteiger partial charge in [-0.15, -0.1) is 0 Å². The molecule has 2 aromatic carbocycles. The van der Waals surface area contributed by atoms with Crippen molar-refractivity contribution >= 4 is 30.3 Å². The lowest BCUT2D eigenvalue weighted by atomic mass is 9.79. The Labute approximate surface area is 324 Å². The summed E-state index contributed by atoms with van der Waals surface area (Å²) in [5, 5.41) is 11.4. The van der Waals surface area contributed by atoms with Gasteiger partial charge in [-0.3, -0.25) is 4.79 Å². The molecule has 2 aromatic rings. The van der Waals surface area contributed by atoms with E-state index in [1.807, 2.05) is 0 Å². The van der Waals surface area contributed by atoms with Gasteiger partial charge in [0.1, 0.15) is 0 Å². The van der Waals surface area contributed by atoms with E-state index < -0.39 is 22.7 Å². The maximum atomic E-state index is 13.0. The number of hydrogen-bond acceptors (Lipinski definition) is 4. The molecule has 52 heavy (non-hydrogen) atoms. The Balaban J connectivity index is 0.000000344. The second-order valence-corrected chi connectivity index (χ2v) is 30.6. The molecule has 2 aliphatic carbocycles. The molecule has 0 aromatic heterocycles. The molecule has 4 rings (SSSR count). The number of fused-ring (bicyclic) bond motifs is 2. The summed E-state index contributed by atoms with van der Waals surface area (Å²) in [6.45, 7) is 38.9. The van der Waals surface area contributed by atoms with E-state index in [-0.39, 0.29) is 38.5 Å². The standard InChI is InChI=1S/C22H38O2Si.C22H36O2Si.CH3B/c2*1-21(2,3)14-16-9-10-17-11-12-18(20(23)19(17)13-16)15-24-25(7,8)22(4,5)6;1-2/h9-10,13,18,20,23H,11-12,14-15H2,1-8H3;9-10,13,18H,11-12,14-15H2,1-8H3;1H3/t18?,20-;;/m1../s1. The van der Waals surface area contributed by atoms with Crippen LogP contribution < -0.4 is 0 Å². The Morgan fingerprint density at radius 1 is 0.673 bits per heavy atom. The number of aliphatic hydroxyl groups is 1. The predicted molar refractivity (Wildman–Crippen MR) is 230 cm³/mol. The van der Waals surface area contributed by atoms with Crippen molar-refractivity contribution in [3.8, 4) is 0 Å². The highest BCUT2D eigenvalue weighted by Gasteiger charge is 2.40. The summed E-state index contributed by atoms with van der Waals surface area (Å²) in [5.41, 5.74) is 7.70. The molecule has 0 spiro atoms. The van der Waals surface area contributed by atoms with Crippen LogP contribution in [0.3, 0.4) is 0 Å². The number of hydrogen-bond donors (Lipinski definition) is 1. The lowest BCUT2D eigenvalue weighted by Crippen LogP contribution is -2.43. The molecule has 2 unspecified atom stereocenters. The Bertz CT molecular complexity index is 1450. The number of benzene rings is 2. The largest absolute Gasteiger partial charge is 0.416 e. The van der Waals surface area contributed by atoms with Crippen LogP contribution >= 0.6 is 0 Å². The molecule has 3 atom stereocenters. The average molecular weight is 749 g/mol. The molecule has 4 nitrogen and oxygen atoms in total. The molecule has 0 amide bonds. The van der Waals surface area contributed by atoms with E-state index in [0.717, 1.165) is 49.7 Å². The Morgan fingerprint density at radius 3 is 1.60 bits per heavy atom. The SMILES string of the molecule is CC(C)(C)Cc1ccc2c(c1)C(=O)C(CO[Si](C)(C)C(C)(C)C)CC2.CC(C)(C)Cc1ccc2c(c1)[C@H](O)C(CO[Si](C)(C)C(C)(C)C)CC2.[B]C. The van der Waals surface area contributed by atoms with Crippen molar-refractivity contribution in [3.63, 3.8) is 0 Å². The van der Waals surface area contributed by atoms with Crippen LogP contribution in [0, 0.1) is 22.7 Å². The maximum absolute atomic E-state index is 13.0. The van der Waals surface area contributed by atoms with Gasteiger partial charge in [0.25, 0.3) is 0 Å². The van der Waals surface area contributed by atoms with E-state index >= 15 is 0 Å². The lowest BCUT2D eigenvalue weighted by molar-refractivity contribution is 0.0574. The third kappa shape index (κ3) is 13.4. The fourth-order valence-electron chi connectivity index (χ4n) is 6.49. The van der Waals surface area contributed by atoms with Gasteiger partial charge in [-0.05, 0) is 120 Å². The number of carbonyl (C=O) groups is 1. The Morgan fingerprint density at radius 2 is 1.12 bits per heavy atom. The van der Waals surface area contributed by atoms with Crippen molar-refractivity contribution < 1.29 is 18.8 Å².